The van der Waals surface area contributed by atoms with E-state index in [1.165, 1.54) is 6.07 Å². The Morgan fingerprint density at radius 2 is 2.37 bits per heavy atom. The largest absolute Gasteiger partial charge is 0.507 e. The molecule has 1 aromatic carbocycles. The first-order valence-electron chi connectivity index (χ1n) is 6.14. The summed E-state index contributed by atoms with van der Waals surface area (Å²) in [5.74, 6) is -0.218. The minimum absolute atomic E-state index is 0.0166. The first-order valence-corrected chi connectivity index (χ1v) is 6.93. The van der Waals surface area contributed by atoms with E-state index in [0.29, 0.717) is 25.3 Å². The second-order valence-corrected chi connectivity index (χ2v) is 5.60. The molecule has 2 rings (SSSR count). The third-order valence-electron chi connectivity index (χ3n) is 3.16. The van der Waals surface area contributed by atoms with E-state index in [9.17, 15) is 9.90 Å². The second-order valence-electron chi connectivity index (χ2n) is 4.68. The highest BCUT2D eigenvalue weighted by atomic mass is 79.9. The van der Waals surface area contributed by atoms with Crippen molar-refractivity contribution in [1.82, 2.24) is 4.90 Å². The Balaban J connectivity index is 2.17. The number of amides is 1. The zero-order valence-electron chi connectivity index (χ0n) is 10.7. The summed E-state index contributed by atoms with van der Waals surface area (Å²) in [6, 6.07) is 4.68. The van der Waals surface area contributed by atoms with Crippen LogP contribution >= 0.6 is 15.9 Å². The second kappa shape index (κ2) is 5.90. The fourth-order valence-electron chi connectivity index (χ4n) is 2.03. The predicted octanol–water partition coefficient (Wildman–Crippen LogP) is 1.34. The Labute approximate surface area is 120 Å². The van der Waals surface area contributed by atoms with Crippen molar-refractivity contribution in [2.24, 2.45) is 5.73 Å². The molecule has 1 saturated heterocycles. The molecular weight excluding hydrogens is 312 g/mol. The van der Waals surface area contributed by atoms with Gasteiger partial charge in [0.15, 0.2) is 0 Å². The SMILES string of the molecule is CC(N)C1CN(C(=O)c2cc(Br)ccc2O)CCO1. The standard InChI is InChI=1S/C13H17BrN2O3/c1-8(15)12-7-16(4-5-19-12)13(18)10-6-9(14)2-3-11(10)17/h2-3,6,8,12,17H,4-5,7,15H2,1H3. The summed E-state index contributed by atoms with van der Waals surface area (Å²) in [5.41, 5.74) is 6.09. The van der Waals surface area contributed by atoms with Crippen LogP contribution in [-0.4, -0.2) is 47.8 Å². The molecule has 1 amide bonds. The lowest BCUT2D eigenvalue weighted by molar-refractivity contribution is -0.0300. The number of halogens is 1. The van der Waals surface area contributed by atoms with Crippen LogP contribution in [0.3, 0.4) is 0 Å². The van der Waals surface area contributed by atoms with Gasteiger partial charge in [-0.05, 0) is 25.1 Å². The van der Waals surface area contributed by atoms with Gasteiger partial charge in [0.1, 0.15) is 5.75 Å². The molecule has 1 aliphatic heterocycles. The first-order chi connectivity index (χ1) is 8.99. The average molecular weight is 329 g/mol. The van der Waals surface area contributed by atoms with Crippen molar-refractivity contribution in [2.45, 2.75) is 19.1 Å². The van der Waals surface area contributed by atoms with Crippen molar-refractivity contribution in [3.8, 4) is 5.75 Å². The highest BCUT2D eigenvalue weighted by Crippen LogP contribution is 2.24. The van der Waals surface area contributed by atoms with Gasteiger partial charge in [0.2, 0.25) is 0 Å². The van der Waals surface area contributed by atoms with Crippen molar-refractivity contribution in [3.05, 3.63) is 28.2 Å². The molecule has 1 aliphatic rings. The third kappa shape index (κ3) is 3.26. The van der Waals surface area contributed by atoms with Crippen LogP contribution in [0.1, 0.15) is 17.3 Å². The highest BCUT2D eigenvalue weighted by molar-refractivity contribution is 9.10. The maximum Gasteiger partial charge on any atom is 0.257 e. The molecule has 0 aromatic heterocycles. The number of hydrogen-bond acceptors (Lipinski definition) is 4. The summed E-state index contributed by atoms with van der Waals surface area (Å²) in [7, 11) is 0. The van der Waals surface area contributed by atoms with E-state index >= 15 is 0 Å². The zero-order valence-corrected chi connectivity index (χ0v) is 12.3. The predicted molar refractivity (Wildman–Crippen MR) is 75.1 cm³/mol. The number of hydrogen-bond donors (Lipinski definition) is 2. The van der Waals surface area contributed by atoms with Crippen LogP contribution in [0.15, 0.2) is 22.7 Å². The molecule has 1 fully saturated rings. The van der Waals surface area contributed by atoms with Crippen LogP contribution in [-0.2, 0) is 4.74 Å². The fraction of sp³-hybridized carbons (Fsp3) is 0.462. The van der Waals surface area contributed by atoms with Crippen molar-refractivity contribution in [2.75, 3.05) is 19.7 Å². The number of nitrogens with zero attached hydrogens (tertiary/aromatic N) is 1. The molecule has 2 unspecified atom stereocenters. The summed E-state index contributed by atoms with van der Waals surface area (Å²) in [4.78, 5) is 14.1. The quantitative estimate of drug-likeness (QED) is 0.859. The number of ether oxygens (including phenoxy) is 1. The van der Waals surface area contributed by atoms with Crippen LogP contribution in [0.5, 0.6) is 5.75 Å². The number of morpholine rings is 1. The lowest BCUT2D eigenvalue weighted by Gasteiger charge is -2.34. The first kappa shape index (κ1) is 14.3. The van der Waals surface area contributed by atoms with E-state index in [1.54, 1.807) is 17.0 Å². The molecule has 6 heteroatoms. The highest BCUT2D eigenvalue weighted by Gasteiger charge is 2.28. The fourth-order valence-corrected chi connectivity index (χ4v) is 2.39. The molecular formula is C13H17BrN2O3. The summed E-state index contributed by atoms with van der Waals surface area (Å²) in [6.07, 6.45) is -0.160. The van der Waals surface area contributed by atoms with E-state index in [-0.39, 0.29) is 23.8 Å². The number of phenols is 1. The average Bonchev–Trinajstić information content (AvgIpc) is 2.41. The lowest BCUT2D eigenvalue weighted by Crippen LogP contribution is -2.51. The third-order valence-corrected chi connectivity index (χ3v) is 3.65. The maximum atomic E-state index is 12.4. The number of carbonyl (C=O) groups is 1. The van der Waals surface area contributed by atoms with Gasteiger partial charge in [0.25, 0.3) is 5.91 Å². The molecule has 1 heterocycles. The van der Waals surface area contributed by atoms with Crippen LogP contribution in [0.4, 0.5) is 0 Å². The minimum Gasteiger partial charge on any atom is -0.507 e. The molecule has 19 heavy (non-hydrogen) atoms. The van der Waals surface area contributed by atoms with Gasteiger partial charge in [-0.25, -0.2) is 0 Å². The maximum absolute atomic E-state index is 12.4. The normalized spacial score (nSPS) is 21.2. The molecule has 2 atom stereocenters. The van der Waals surface area contributed by atoms with Gasteiger partial charge in [-0.2, -0.15) is 0 Å². The zero-order chi connectivity index (χ0) is 14.0. The van der Waals surface area contributed by atoms with E-state index in [2.05, 4.69) is 15.9 Å². The molecule has 104 valence electrons. The molecule has 0 bridgehead atoms. The molecule has 0 saturated carbocycles. The lowest BCUT2D eigenvalue weighted by atomic mass is 10.1. The number of phenolic OH excluding ortho intramolecular Hbond substituents is 1. The van der Waals surface area contributed by atoms with Crippen molar-refractivity contribution >= 4 is 21.8 Å². The Hall–Kier alpha value is -1.11. The van der Waals surface area contributed by atoms with Gasteiger partial charge in [-0.15, -0.1) is 0 Å². The van der Waals surface area contributed by atoms with Gasteiger partial charge in [-0.1, -0.05) is 15.9 Å². The van der Waals surface area contributed by atoms with Gasteiger partial charge < -0.3 is 20.5 Å². The Morgan fingerprint density at radius 3 is 3.05 bits per heavy atom. The van der Waals surface area contributed by atoms with Gasteiger partial charge in [0, 0.05) is 23.6 Å². The van der Waals surface area contributed by atoms with Gasteiger partial charge >= 0.3 is 0 Å². The van der Waals surface area contributed by atoms with E-state index in [4.69, 9.17) is 10.5 Å². The Kier molecular flexibility index (Phi) is 4.44. The minimum atomic E-state index is -0.201. The monoisotopic (exact) mass is 328 g/mol. The summed E-state index contributed by atoms with van der Waals surface area (Å²) in [5, 5.41) is 9.79. The summed E-state index contributed by atoms with van der Waals surface area (Å²) < 4.78 is 6.27. The van der Waals surface area contributed by atoms with Crippen LogP contribution in [0.2, 0.25) is 0 Å². The van der Waals surface area contributed by atoms with Gasteiger partial charge in [0.05, 0.1) is 18.3 Å². The molecule has 0 spiro atoms. The van der Waals surface area contributed by atoms with E-state index < -0.39 is 0 Å². The Morgan fingerprint density at radius 1 is 1.63 bits per heavy atom. The smallest absolute Gasteiger partial charge is 0.257 e. The number of carbonyl (C=O) groups excluding carboxylic acids is 1. The molecule has 5 nitrogen and oxygen atoms in total. The van der Waals surface area contributed by atoms with E-state index in [1.807, 2.05) is 6.92 Å². The number of benzene rings is 1. The summed E-state index contributed by atoms with van der Waals surface area (Å²) >= 11 is 3.30. The molecule has 0 aliphatic carbocycles. The molecule has 1 aromatic rings. The number of rotatable bonds is 2. The van der Waals surface area contributed by atoms with Crippen LogP contribution in [0.25, 0.3) is 0 Å². The number of aromatic hydroxyl groups is 1. The molecule has 0 radical (unpaired) electrons. The van der Waals surface area contributed by atoms with E-state index in [0.717, 1.165) is 4.47 Å². The van der Waals surface area contributed by atoms with Crippen molar-refractivity contribution in [1.29, 1.82) is 0 Å². The molecule has 3 N–H and O–H groups in total. The Bertz CT molecular complexity index is 479. The van der Waals surface area contributed by atoms with Gasteiger partial charge in [-0.3, -0.25) is 4.79 Å². The topological polar surface area (TPSA) is 75.8 Å². The summed E-state index contributed by atoms with van der Waals surface area (Å²) in [6.45, 7) is 3.28. The number of nitrogens with two attached hydrogens (primary N) is 1. The van der Waals surface area contributed by atoms with Crippen molar-refractivity contribution < 1.29 is 14.6 Å². The van der Waals surface area contributed by atoms with Crippen molar-refractivity contribution in [3.63, 3.8) is 0 Å². The van der Waals surface area contributed by atoms with Crippen LogP contribution in [0, 0.1) is 0 Å². The van der Waals surface area contributed by atoms with Crippen LogP contribution < -0.4 is 5.73 Å².